The van der Waals surface area contributed by atoms with E-state index in [1.165, 1.54) is 0 Å². The van der Waals surface area contributed by atoms with Crippen LogP contribution in [0.2, 0.25) is 0 Å². The first kappa shape index (κ1) is 9.92. The summed E-state index contributed by atoms with van der Waals surface area (Å²) in [6, 6.07) is 0. The van der Waals surface area contributed by atoms with Gasteiger partial charge in [-0.05, 0) is 31.9 Å². The lowest BCUT2D eigenvalue weighted by molar-refractivity contribution is -0.131. The van der Waals surface area contributed by atoms with Crippen LogP contribution in [0.4, 0.5) is 0 Å². The molecule has 0 aromatic carbocycles. The highest BCUT2D eigenvalue weighted by Gasteiger charge is 2.25. The zero-order chi connectivity index (χ0) is 8.20. The number of rotatable bonds is 4. The van der Waals surface area contributed by atoms with Crippen LogP contribution >= 0.6 is 11.6 Å². The van der Waals surface area contributed by atoms with E-state index in [0.717, 1.165) is 6.42 Å². The first-order chi connectivity index (χ1) is 4.50. The number of halogens is 1. The smallest absolute Gasteiger partial charge is 0.253 e. The van der Waals surface area contributed by atoms with E-state index in [2.05, 4.69) is 0 Å². The molecule has 0 N–H and O–H groups in total. The van der Waals surface area contributed by atoms with Crippen LogP contribution in [0.1, 0.15) is 27.2 Å². The molecule has 0 heterocycles. The van der Waals surface area contributed by atoms with Crippen LogP contribution in [0, 0.1) is 0 Å². The molecule has 0 rings (SSSR count). The Balaban J connectivity index is 3.75. The van der Waals surface area contributed by atoms with Crippen LogP contribution in [-0.4, -0.2) is 17.5 Å². The molecule has 0 saturated heterocycles. The molecular weight excluding hydrogens is 152 g/mol. The number of carbonyl (C=O) groups excluding carboxylic acids is 1. The minimum Gasteiger partial charge on any atom is -0.366 e. The second kappa shape index (κ2) is 3.94. The van der Waals surface area contributed by atoms with Gasteiger partial charge in [0.2, 0.25) is 0 Å². The molecule has 0 aliphatic rings. The lowest BCUT2D eigenvalue weighted by Crippen LogP contribution is -2.31. The highest BCUT2D eigenvalue weighted by atomic mass is 35.5. The number of carbonyl (C=O) groups is 1. The Morgan fingerprint density at radius 3 is 2.40 bits per heavy atom. The second-order valence-corrected chi connectivity index (χ2v) is 2.98. The van der Waals surface area contributed by atoms with E-state index in [-0.39, 0.29) is 0 Å². The largest absolute Gasteiger partial charge is 0.366 e. The molecule has 0 amide bonds. The third-order valence-corrected chi connectivity index (χ3v) is 1.60. The van der Waals surface area contributed by atoms with Gasteiger partial charge in [0, 0.05) is 6.61 Å². The number of hydrogen-bond acceptors (Lipinski definition) is 2. The maximum absolute atomic E-state index is 10.6. The molecule has 0 atom stereocenters. The van der Waals surface area contributed by atoms with Gasteiger partial charge in [0.1, 0.15) is 5.60 Å². The van der Waals surface area contributed by atoms with E-state index in [4.69, 9.17) is 16.3 Å². The summed E-state index contributed by atoms with van der Waals surface area (Å²) in [5.41, 5.74) is -0.822. The van der Waals surface area contributed by atoms with Crippen LogP contribution in [0.3, 0.4) is 0 Å². The molecular formula is C7H13ClO2. The Morgan fingerprint density at radius 2 is 2.10 bits per heavy atom. The first-order valence-corrected chi connectivity index (χ1v) is 3.72. The first-order valence-electron chi connectivity index (χ1n) is 3.34. The zero-order valence-corrected chi connectivity index (χ0v) is 7.36. The summed E-state index contributed by atoms with van der Waals surface area (Å²) in [5.74, 6) is 0. The second-order valence-electron chi connectivity index (χ2n) is 2.63. The fraction of sp³-hybridized carbons (Fsp3) is 0.857. The van der Waals surface area contributed by atoms with Gasteiger partial charge in [-0.25, -0.2) is 0 Å². The summed E-state index contributed by atoms with van der Waals surface area (Å²) in [5, 5.41) is -0.444. The molecule has 0 fully saturated rings. The molecule has 0 bridgehead atoms. The van der Waals surface area contributed by atoms with Crippen LogP contribution < -0.4 is 0 Å². The van der Waals surface area contributed by atoms with Gasteiger partial charge in [0.25, 0.3) is 5.24 Å². The predicted molar refractivity (Wildman–Crippen MR) is 41.2 cm³/mol. The van der Waals surface area contributed by atoms with Crippen molar-refractivity contribution in [3.63, 3.8) is 0 Å². The van der Waals surface area contributed by atoms with Gasteiger partial charge in [0.05, 0.1) is 0 Å². The third kappa shape index (κ3) is 3.18. The summed E-state index contributed by atoms with van der Waals surface area (Å²) in [6.07, 6.45) is 0.896. The van der Waals surface area contributed by atoms with Crippen LogP contribution in [0.25, 0.3) is 0 Å². The molecule has 3 heteroatoms. The quantitative estimate of drug-likeness (QED) is 0.594. The lowest BCUT2D eigenvalue weighted by Gasteiger charge is -2.19. The summed E-state index contributed by atoms with van der Waals surface area (Å²) in [6.45, 7) is 5.89. The van der Waals surface area contributed by atoms with Gasteiger partial charge in [0.15, 0.2) is 0 Å². The molecule has 0 unspecified atom stereocenters. The predicted octanol–water partition coefficient (Wildman–Crippen LogP) is 1.96. The Morgan fingerprint density at radius 1 is 1.60 bits per heavy atom. The van der Waals surface area contributed by atoms with Gasteiger partial charge >= 0.3 is 0 Å². The van der Waals surface area contributed by atoms with Crippen LogP contribution in [-0.2, 0) is 9.53 Å². The van der Waals surface area contributed by atoms with Crippen molar-refractivity contribution in [1.29, 1.82) is 0 Å². The fourth-order valence-corrected chi connectivity index (χ4v) is 0.469. The molecule has 10 heavy (non-hydrogen) atoms. The van der Waals surface area contributed by atoms with E-state index in [1.54, 1.807) is 13.8 Å². The molecule has 0 aromatic rings. The third-order valence-electron chi connectivity index (χ3n) is 1.14. The van der Waals surface area contributed by atoms with Crippen molar-refractivity contribution in [3.05, 3.63) is 0 Å². The molecule has 0 aliphatic heterocycles. The summed E-state index contributed by atoms with van der Waals surface area (Å²) < 4.78 is 5.16. The van der Waals surface area contributed by atoms with Crippen molar-refractivity contribution in [3.8, 4) is 0 Å². The Bertz CT molecular complexity index is 121. The van der Waals surface area contributed by atoms with Crippen molar-refractivity contribution in [2.24, 2.45) is 0 Å². The monoisotopic (exact) mass is 164 g/mol. The van der Waals surface area contributed by atoms with Gasteiger partial charge in [-0.3, -0.25) is 4.79 Å². The van der Waals surface area contributed by atoms with Crippen LogP contribution in [0.5, 0.6) is 0 Å². The van der Waals surface area contributed by atoms with E-state index >= 15 is 0 Å². The fourth-order valence-electron chi connectivity index (χ4n) is 0.414. The van der Waals surface area contributed by atoms with Gasteiger partial charge in [-0.1, -0.05) is 6.92 Å². The standard InChI is InChI=1S/C7H13ClO2/c1-4-5-10-7(2,3)6(8)9/h4-5H2,1-3H3. The average Bonchev–Trinajstić information content (AvgIpc) is 1.84. The molecule has 60 valence electrons. The van der Waals surface area contributed by atoms with Crippen LogP contribution in [0.15, 0.2) is 0 Å². The van der Waals surface area contributed by atoms with E-state index < -0.39 is 10.8 Å². The SMILES string of the molecule is CCCOC(C)(C)C(=O)Cl. The number of hydrogen-bond donors (Lipinski definition) is 0. The maximum atomic E-state index is 10.6. The molecule has 0 aliphatic carbocycles. The molecule has 0 radical (unpaired) electrons. The maximum Gasteiger partial charge on any atom is 0.253 e. The van der Waals surface area contributed by atoms with E-state index in [1.807, 2.05) is 6.92 Å². The summed E-state index contributed by atoms with van der Waals surface area (Å²) >= 11 is 5.24. The van der Waals surface area contributed by atoms with E-state index in [0.29, 0.717) is 6.61 Å². The molecule has 0 spiro atoms. The normalized spacial score (nSPS) is 11.6. The van der Waals surface area contributed by atoms with Crippen molar-refractivity contribution < 1.29 is 9.53 Å². The molecule has 2 nitrogen and oxygen atoms in total. The minimum atomic E-state index is -0.822. The summed E-state index contributed by atoms with van der Waals surface area (Å²) in [4.78, 5) is 10.6. The van der Waals surface area contributed by atoms with Crippen molar-refractivity contribution in [2.45, 2.75) is 32.8 Å². The summed E-state index contributed by atoms with van der Waals surface area (Å²) in [7, 11) is 0. The molecule has 0 aromatic heterocycles. The van der Waals surface area contributed by atoms with Crippen molar-refractivity contribution in [2.75, 3.05) is 6.61 Å². The van der Waals surface area contributed by atoms with Crippen molar-refractivity contribution in [1.82, 2.24) is 0 Å². The number of ether oxygens (including phenoxy) is 1. The average molecular weight is 165 g/mol. The highest BCUT2D eigenvalue weighted by molar-refractivity contribution is 6.65. The lowest BCUT2D eigenvalue weighted by atomic mass is 10.2. The Kier molecular flexibility index (Phi) is 3.91. The minimum absolute atomic E-state index is 0.444. The Hall–Kier alpha value is -0.0800. The Labute approximate surface area is 66.5 Å². The van der Waals surface area contributed by atoms with Crippen molar-refractivity contribution >= 4 is 16.8 Å². The van der Waals surface area contributed by atoms with Gasteiger partial charge in [-0.15, -0.1) is 0 Å². The highest BCUT2D eigenvalue weighted by Crippen LogP contribution is 2.12. The zero-order valence-electron chi connectivity index (χ0n) is 6.61. The van der Waals surface area contributed by atoms with Gasteiger partial charge < -0.3 is 4.74 Å². The molecule has 0 saturated carbocycles. The topological polar surface area (TPSA) is 26.3 Å². The van der Waals surface area contributed by atoms with E-state index in [9.17, 15) is 4.79 Å². The van der Waals surface area contributed by atoms with Gasteiger partial charge in [-0.2, -0.15) is 0 Å².